The van der Waals surface area contributed by atoms with Crippen LogP contribution in [0.15, 0.2) is 24.5 Å². The standard InChI is InChI=1S/C14H13F3N8O/c15-14(16,17)13-21-20-10-1-2-11(22-25(10)13)23-4-3-9(7-23)24-6-8(5-19-24)12(18)26/h1-2,5-6,9H,3-4,7H2,(H2,18,26). The van der Waals surface area contributed by atoms with Gasteiger partial charge in [0.1, 0.15) is 5.82 Å². The molecule has 136 valence electrons. The molecule has 1 amide bonds. The smallest absolute Gasteiger partial charge is 0.366 e. The average molecular weight is 366 g/mol. The number of anilines is 1. The molecule has 1 aliphatic heterocycles. The topological polar surface area (TPSA) is 107 Å². The first-order valence-corrected chi connectivity index (χ1v) is 7.71. The van der Waals surface area contributed by atoms with E-state index in [0.29, 0.717) is 35.4 Å². The van der Waals surface area contributed by atoms with Crippen LogP contribution in [-0.2, 0) is 6.18 Å². The molecule has 4 rings (SSSR count). The average Bonchev–Trinajstić information content (AvgIpc) is 3.31. The van der Waals surface area contributed by atoms with E-state index in [4.69, 9.17) is 5.73 Å². The highest BCUT2D eigenvalue weighted by molar-refractivity contribution is 5.92. The van der Waals surface area contributed by atoms with Crippen LogP contribution in [0.3, 0.4) is 0 Å². The summed E-state index contributed by atoms with van der Waals surface area (Å²) in [5, 5.41) is 14.8. The van der Waals surface area contributed by atoms with Gasteiger partial charge in [0.25, 0.3) is 11.7 Å². The van der Waals surface area contributed by atoms with Crippen molar-refractivity contribution >= 4 is 17.4 Å². The number of hydrogen-bond acceptors (Lipinski definition) is 6. The minimum absolute atomic E-state index is 0.0231. The summed E-state index contributed by atoms with van der Waals surface area (Å²) in [7, 11) is 0. The first-order valence-electron chi connectivity index (χ1n) is 7.71. The van der Waals surface area contributed by atoms with Crippen LogP contribution in [0.2, 0.25) is 0 Å². The number of carbonyl (C=O) groups excluding carboxylic acids is 1. The molecule has 12 heteroatoms. The maximum Gasteiger partial charge on any atom is 0.453 e. The molecule has 0 aliphatic carbocycles. The number of halogens is 3. The Hall–Kier alpha value is -3.18. The molecule has 1 fully saturated rings. The molecule has 4 heterocycles. The van der Waals surface area contributed by atoms with Gasteiger partial charge in [0, 0.05) is 19.3 Å². The van der Waals surface area contributed by atoms with Crippen molar-refractivity contribution in [2.45, 2.75) is 18.6 Å². The van der Waals surface area contributed by atoms with Gasteiger partial charge in [-0.25, -0.2) is 0 Å². The number of hydrogen-bond donors (Lipinski definition) is 1. The summed E-state index contributed by atoms with van der Waals surface area (Å²) in [4.78, 5) is 13.0. The van der Waals surface area contributed by atoms with E-state index in [1.165, 1.54) is 12.3 Å². The summed E-state index contributed by atoms with van der Waals surface area (Å²) in [5.74, 6) is -1.35. The van der Waals surface area contributed by atoms with Crippen molar-refractivity contribution in [1.82, 2.24) is 29.6 Å². The number of alkyl halides is 3. The molecule has 2 N–H and O–H groups in total. The van der Waals surface area contributed by atoms with Gasteiger partial charge in [-0.05, 0) is 18.6 Å². The number of rotatable bonds is 3. The van der Waals surface area contributed by atoms with Crippen LogP contribution in [-0.4, -0.2) is 48.6 Å². The second-order valence-corrected chi connectivity index (χ2v) is 5.94. The highest BCUT2D eigenvalue weighted by atomic mass is 19.4. The van der Waals surface area contributed by atoms with Gasteiger partial charge in [-0.3, -0.25) is 9.48 Å². The molecule has 3 aromatic rings. The van der Waals surface area contributed by atoms with Gasteiger partial charge in [-0.2, -0.15) is 22.8 Å². The third-order valence-corrected chi connectivity index (χ3v) is 4.25. The summed E-state index contributed by atoms with van der Waals surface area (Å²) >= 11 is 0. The van der Waals surface area contributed by atoms with Gasteiger partial charge in [0.15, 0.2) is 5.65 Å². The monoisotopic (exact) mass is 366 g/mol. The predicted octanol–water partition coefficient (Wildman–Crippen LogP) is 0.890. The molecular formula is C14H13F3N8O. The predicted molar refractivity (Wildman–Crippen MR) is 82.4 cm³/mol. The van der Waals surface area contributed by atoms with E-state index in [-0.39, 0.29) is 11.7 Å². The molecule has 1 atom stereocenters. The van der Waals surface area contributed by atoms with Crippen molar-refractivity contribution < 1.29 is 18.0 Å². The molecule has 9 nitrogen and oxygen atoms in total. The summed E-state index contributed by atoms with van der Waals surface area (Å²) in [6.07, 6.45) is -0.983. The van der Waals surface area contributed by atoms with E-state index in [1.807, 2.05) is 4.90 Å². The van der Waals surface area contributed by atoms with Crippen molar-refractivity contribution in [3.63, 3.8) is 0 Å². The summed E-state index contributed by atoms with van der Waals surface area (Å²) in [6.45, 7) is 1.07. The second-order valence-electron chi connectivity index (χ2n) is 5.94. The minimum atomic E-state index is -4.64. The van der Waals surface area contributed by atoms with Crippen molar-refractivity contribution in [3.8, 4) is 0 Å². The van der Waals surface area contributed by atoms with E-state index < -0.39 is 17.9 Å². The molecule has 0 saturated carbocycles. The van der Waals surface area contributed by atoms with Gasteiger partial charge in [0.05, 0.1) is 17.8 Å². The molecule has 1 unspecified atom stereocenters. The lowest BCUT2D eigenvalue weighted by molar-refractivity contribution is -0.146. The number of aromatic nitrogens is 6. The van der Waals surface area contributed by atoms with E-state index >= 15 is 0 Å². The van der Waals surface area contributed by atoms with Crippen molar-refractivity contribution in [1.29, 1.82) is 0 Å². The highest BCUT2D eigenvalue weighted by Gasteiger charge is 2.38. The van der Waals surface area contributed by atoms with Crippen molar-refractivity contribution in [2.24, 2.45) is 5.73 Å². The lowest BCUT2D eigenvalue weighted by Crippen LogP contribution is -2.23. The van der Waals surface area contributed by atoms with Crippen LogP contribution in [0.1, 0.15) is 28.6 Å². The lowest BCUT2D eigenvalue weighted by Gasteiger charge is -2.17. The molecule has 1 saturated heterocycles. The zero-order chi connectivity index (χ0) is 18.5. The Morgan fingerprint density at radius 2 is 2.08 bits per heavy atom. The number of fused-ring (bicyclic) bond motifs is 1. The van der Waals surface area contributed by atoms with Gasteiger partial charge in [-0.1, -0.05) is 0 Å². The summed E-state index contributed by atoms with van der Waals surface area (Å²) < 4.78 is 41.3. The van der Waals surface area contributed by atoms with Crippen LogP contribution >= 0.6 is 0 Å². The Kier molecular flexibility index (Phi) is 3.56. The molecule has 3 aromatic heterocycles. The third-order valence-electron chi connectivity index (χ3n) is 4.25. The molecule has 0 bridgehead atoms. The first kappa shape index (κ1) is 16.3. The van der Waals surface area contributed by atoms with Gasteiger partial charge in [-0.15, -0.1) is 15.3 Å². The number of nitrogens with two attached hydrogens (primary N) is 1. The Morgan fingerprint density at radius 1 is 1.27 bits per heavy atom. The maximum atomic E-state index is 13.0. The van der Waals surface area contributed by atoms with Crippen LogP contribution < -0.4 is 10.6 Å². The molecule has 0 spiro atoms. The second kappa shape index (κ2) is 5.68. The maximum absolute atomic E-state index is 13.0. The Bertz CT molecular complexity index is 978. The number of nitrogens with zero attached hydrogens (tertiary/aromatic N) is 7. The van der Waals surface area contributed by atoms with Gasteiger partial charge < -0.3 is 10.6 Å². The van der Waals surface area contributed by atoms with Crippen molar-refractivity contribution in [3.05, 3.63) is 35.9 Å². The number of primary amides is 1. The highest BCUT2D eigenvalue weighted by Crippen LogP contribution is 2.29. The summed E-state index contributed by atoms with van der Waals surface area (Å²) in [5.41, 5.74) is 5.55. The van der Waals surface area contributed by atoms with E-state index in [9.17, 15) is 18.0 Å². The SMILES string of the molecule is NC(=O)c1cnn(C2CCN(c3ccc4nnc(C(F)(F)F)n4n3)C2)c1. The zero-order valence-corrected chi connectivity index (χ0v) is 13.3. The molecular weight excluding hydrogens is 353 g/mol. The largest absolute Gasteiger partial charge is 0.453 e. The molecule has 26 heavy (non-hydrogen) atoms. The van der Waals surface area contributed by atoms with Crippen LogP contribution in [0.25, 0.3) is 5.65 Å². The molecule has 0 aromatic carbocycles. The van der Waals surface area contributed by atoms with Crippen molar-refractivity contribution in [2.75, 3.05) is 18.0 Å². The summed E-state index contributed by atoms with van der Waals surface area (Å²) in [6, 6.07) is 3.00. The Labute approximate surface area is 144 Å². The Morgan fingerprint density at radius 3 is 2.77 bits per heavy atom. The zero-order valence-electron chi connectivity index (χ0n) is 13.3. The third kappa shape index (κ3) is 2.72. The van der Waals surface area contributed by atoms with E-state index in [1.54, 1.807) is 16.9 Å². The first-order chi connectivity index (χ1) is 12.3. The van der Waals surface area contributed by atoms with Crippen LogP contribution in [0.5, 0.6) is 0 Å². The molecule has 1 aliphatic rings. The fraction of sp³-hybridized carbons (Fsp3) is 0.357. The van der Waals surface area contributed by atoms with Crippen LogP contribution in [0, 0.1) is 0 Å². The fourth-order valence-corrected chi connectivity index (χ4v) is 2.96. The number of carbonyl (C=O) groups is 1. The lowest BCUT2D eigenvalue weighted by atomic mass is 10.3. The number of amides is 1. The quantitative estimate of drug-likeness (QED) is 0.738. The fourth-order valence-electron chi connectivity index (χ4n) is 2.96. The normalized spacial score (nSPS) is 18.0. The van der Waals surface area contributed by atoms with Gasteiger partial charge in [0.2, 0.25) is 0 Å². The van der Waals surface area contributed by atoms with E-state index in [2.05, 4.69) is 20.4 Å². The van der Waals surface area contributed by atoms with Gasteiger partial charge >= 0.3 is 6.18 Å². The van der Waals surface area contributed by atoms with E-state index in [0.717, 1.165) is 0 Å². The molecule has 0 radical (unpaired) electrons. The minimum Gasteiger partial charge on any atom is -0.366 e. The van der Waals surface area contributed by atoms with Crippen LogP contribution in [0.4, 0.5) is 19.0 Å². The Balaban J connectivity index is 1.59.